The molecule has 0 radical (unpaired) electrons. The second-order valence-electron chi connectivity index (χ2n) is 3.09. The molecule has 0 heterocycles. The lowest BCUT2D eigenvalue weighted by molar-refractivity contribution is 0.349. The molecule has 0 saturated carbocycles. The average molecular weight is 191 g/mol. The highest BCUT2D eigenvalue weighted by Gasteiger charge is 2.00. The van der Waals surface area contributed by atoms with Crippen molar-refractivity contribution in [2.24, 2.45) is 0 Å². The van der Waals surface area contributed by atoms with E-state index in [1.165, 1.54) is 5.57 Å². The highest BCUT2D eigenvalue weighted by atomic mass is 15.1. The zero-order valence-corrected chi connectivity index (χ0v) is 9.37. The topological polar surface area (TPSA) is 3.24 Å². The Hall–Kier alpha value is -1.08. The molecule has 0 aromatic rings. The number of rotatable bonds is 7. The van der Waals surface area contributed by atoms with Gasteiger partial charge in [-0.15, -0.1) is 6.58 Å². The summed E-state index contributed by atoms with van der Waals surface area (Å²) in [6.45, 7) is 14.6. The molecule has 78 valence electrons. The van der Waals surface area contributed by atoms with Crippen LogP contribution in [0, 0.1) is 0 Å². The number of likely N-dealkylation sites (N-methyl/N-ethyl adjacent to an activating group) is 1. The van der Waals surface area contributed by atoms with Gasteiger partial charge >= 0.3 is 0 Å². The first-order valence-electron chi connectivity index (χ1n) is 5.06. The molecule has 0 atom stereocenters. The van der Waals surface area contributed by atoms with Crippen LogP contribution in [0.3, 0.4) is 0 Å². The minimum atomic E-state index is 0.933. The van der Waals surface area contributed by atoms with Crippen LogP contribution in [0.5, 0.6) is 0 Å². The molecule has 0 fully saturated rings. The molecule has 0 aliphatic heterocycles. The maximum atomic E-state index is 3.75. The molecule has 14 heavy (non-hydrogen) atoms. The fourth-order valence-electron chi connectivity index (χ4n) is 1.27. The third kappa shape index (κ3) is 5.55. The quantitative estimate of drug-likeness (QED) is 0.441. The van der Waals surface area contributed by atoms with Gasteiger partial charge in [-0.1, -0.05) is 43.9 Å². The number of allylic oxidation sites excluding steroid dienone is 3. The molecule has 0 bridgehead atoms. The van der Waals surface area contributed by atoms with E-state index in [4.69, 9.17) is 0 Å². The number of hydrogen-bond acceptors (Lipinski definition) is 1. The Balaban J connectivity index is 4.32. The lowest BCUT2D eigenvalue weighted by Gasteiger charge is -2.18. The van der Waals surface area contributed by atoms with Gasteiger partial charge in [0.05, 0.1) is 0 Å². The molecule has 0 rings (SSSR count). The molecular weight excluding hydrogens is 170 g/mol. The third-order valence-electron chi connectivity index (χ3n) is 1.95. The van der Waals surface area contributed by atoms with E-state index in [-0.39, 0.29) is 0 Å². The van der Waals surface area contributed by atoms with Gasteiger partial charge in [0.15, 0.2) is 0 Å². The van der Waals surface area contributed by atoms with Crippen molar-refractivity contribution in [3.63, 3.8) is 0 Å². The van der Waals surface area contributed by atoms with E-state index in [1.807, 2.05) is 25.2 Å². The summed E-state index contributed by atoms with van der Waals surface area (Å²) in [6, 6.07) is 0. The minimum absolute atomic E-state index is 0.933. The number of nitrogens with zero attached hydrogens (tertiary/aromatic N) is 1. The lowest BCUT2D eigenvalue weighted by atomic mass is 10.2. The van der Waals surface area contributed by atoms with Gasteiger partial charge in [-0.25, -0.2) is 0 Å². The smallest absolute Gasteiger partial charge is 0.0236 e. The van der Waals surface area contributed by atoms with Crippen LogP contribution in [0.25, 0.3) is 0 Å². The van der Waals surface area contributed by atoms with E-state index in [0.29, 0.717) is 0 Å². The Morgan fingerprint density at radius 2 is 2.07 bits per heavy atom. The van der Waals surface area contributed by atoms with Crippen LogP contribution < -0.4 is 0 Å². The zero-order chi connectivity index (χ0) is 10.8. The first-order valence-corrected chi connectivity index (χ1v) is 5.06. The van der Waals surface area contributed by atoms with Gasteiger partial charge in [0.25, 0.3) is 0 Å². The summed E-state index contributed by atoms with van der Waals surface area (Å²) in [6.07, 6.45) is 9.98. The first kappa shape index (κ1) is 12.9. The second kappa shape index (κ2) is 8.52. The molecule has 1 heteroatoms. The van der Waals surface area contributed by atoms with Crippen LogP contribution in [0.4, 0.5) is 0 Å². The molecule has 0 amide bonds. The summed E-state index contributed by atoms with van der Waals surface area (Å²) >= 11 is 0. The maximum absolute atomic E-state index is 3.75. The molecule has 0 N–H and O–H groups in total. The van der Waals surface area contributed by atoms with Gasteiger partial charge in [0.1, 0.15) is 0 Å². The van der Waals surface area contributed by atoms with Gasteiger partial charge < -0.3 is 0 Å². The molecule has 0 aliphatic carbocycles. The highest BCUT2D eigenvalue weighted by molar-refractivity contribution is 5.24. The Morgan fingerprint density at radius 1 is 1.36 bits per heavy atom. The van der Waals surface area contributed by atoms with Crippen molar-refractivity contribution in [1.29, 1.82) is 0 Å². The largest absolute Gasteiger partial charge is 0.296 e. The maximum Gasteiger partial charge on any atom is 0.0236 e. The summed E-state index contributed by atoms with van der Waals surface area (Å²) in [7, 11) is 0. The third-order valence-corrected chi connectivity index (χ3v) is 1.95. The molecule has 0 aromatic heterocycles. The van der Waals surface area contributed by atoms with Crippen molar-refractivity contribution < 1.29 is 0 Å². The fourth-order valence-corrected chi connectivity index (χ4v) is 1.27. The van der Waals surface area contributed by atoms with Crippen molar-refractivity contribution in [3.8, 4) is 0 Å². The van der Waals surface area contributed by atoms with Gasteiger partial charge in [-0.05, 0) is 19.0 Å². The highest BCUT2D eigenvalue weighted by Crippen LogP contribution is 2.02. The van der Waals surface area contributed by atoms with Crippen LogP contribution >= 0.6 is 0 Å². The Bertz CT molecular complexity index is 223. The Morgan fingerprint density at radius 3 is 2.50 bits per heavy atom. The van der Waals surface area contributed by atoms with Crippen LogP contribution in [0.2, 0.25) is 0 Å². The molecule has 0 spiro atoms. The molecule has 0 unspecified atom stereocenters. The first-order chi connectivity index (χ1) is 6.78. The number of hydrogen-bond donors (Lipinski definition) is 0. The van der Waals surface area contributed by atoms with Crippen molar-refractivity contribution in [2.45, 2.75) is 13.8 Å². The molecule has 0 aliphatic rings. The van der Waals surface area contributed by atoms with Gasteiger partial charge in [0.2, 0.25) is 0 Å². The minimum Gasteiger partial charge on any atom is -0.296 e. The van der Waals surface area contributed by atoms with Crippen LogP contribution in [-0.2, 0) is 0 Å². The van der Waals surface area contributed by atoms with Crippen molar-refractivity contribution in [2.75, 3.05) is 19.6 Å². The standard InChI is InChI=1S/C13H21N/c1-5-9-13(10-6-2)12-14(8-4)11-7-3/h5-7,9-10H,1,3,8,11-12H2,2,4H3/b10-6-,13-9+. The van der Waals surface area contributed by atoms with Crippen molar-refractivity contribution >= 4 is 0 Å². The SMILES string of the molecule is C=C/C=C(\C=C/C)CN(CC)CC=C. The van der Waals surface area contributed by atoms with Gasteiger partial charge in [0, 0.05) is 13.1 Å². The molecule has 0 aromatic carbocycles. The van der Waals surface area contributed by atoms with E-state index in [1.54, 1.807) is 0 Å². The predicted molar refractivity (Wildman–Crippen MR) is 65.4 cm³/mol. The fraction of sp³-hybridized carbons (Fsp3) is 0.385. The van der Waals surface area contributed by atoms with E-state index in [2.05, 4.69) is 37.1 Å². The van der Waals surface area contributed by atoms with Crippen LogP contribution in [0.1, 0.15) is 13.8 Å². The summed E-state index contributed by atoms with van der Waals surface area (Å²) in [5.41, 5.74) is 1.28. The monoisotopic (exact) mass is 191 g/mol. The predicted octanol–water partition coefficient (Wildman–Crippen LogP) is 3.18. The Kier molecular flexibility index (Phi) is 7.86. The van der Waals surface area contributed by atoms with E-state index >= 15 is 0 Å². The van der Waals surface area contributed by atoms with Crippen LogP contribution in [-0.4, -0.2) is 24.5 Å². The van der Waals surface area contributed by atoms with Crippen molar-refractivity contribution in [1.82, 2.24) is 4.90 Å². The summed E-state index contributed by atoms with van der Waals surface area (Å²) in [5.74, 6) is 0. The average Bonchev–Trinajstić information content (AvgIpc) is 2.18. The second-order valence-corrected chi connectivity index (χ2v) is 3.09. The van der Waals surface area contributed by atoms with E-state index in [0.717, 1.165) is 19.6 Å². The van der Waals surface area contributed by atoms with Crippen molar-refractivity contribution in [3.05, 3.63) is 49.1 Å². The van der Waals surface area contributed by atoms with Crippen LogP contribution in [0.15, 0.2) is 49.1 Å². The van der Waals surface area contributed by atoms with Gasteiger partial charge in [-0.3, -0.25) is 4.90 Å². The lowest BCUT2D eigenvalue weighted by Crippen LogP contribution is -2.25. The van der Waals surface area contributed by atoms with Gasteiger partial charge in [-0.2, -0.15) is 0 Å². The molecular formula is C13H21N. The molecule has 1 nitrogen and oxygen atoms in total. The zero-order valence-electron chi connectivity index (χ0n) is 9.37. The summed E-state index contributed by atoms with van der Waals surface area (Å²) in [5, 5.41) is 0. The summed E-state index contributed by atoms with van der Waals surface area (Å²) in [4.78, 5) is 2.32. The van der Waals surface area contributed by atoms with E-state index < -0.39 is 0 Å². The molecule has 0 saturated heterocycles. The van der Waals surface area contributed by atoms with E-state index in [9.17, 15) is 0 Å². The Labute approximate surface area is 88.1 Å². The summed E-state index contributed by atoms with van der Waals surface area (Å²) < 4.78 is 0. The normalized spacial score (nSPS) is 12.4.